The molecule has 4 nitrogen and oxygen atoms in total. The van der Waals surface area contributed by atoms with Crippen LogP contribution in [0.5, 0.6) is 0 Å². The fraction of sp³-hybridized carbons (Fsp3) is 0.200. The van der Waals surface area contributed by atoms with Gasteiger partial charge in [-0.3, -0.25) is 4.79 Å². The molecule has 27 heavy (non-hydrogen) atoms. The Morgan fingerprint density at radius 2 is 1.96 bits per heavy atom. The summed E-state index contributed by atoms with van der Waals surface area (Å²) in [6.07, 6.45) is 0.755. The van der Waals surface area contributed by atoms with Crippen LogP contribution in [-0.4, -0.2) is 21.1 Å². The molecule has 0 saturated heterocycles. The van der Waals surface area contributed by atoms with Crippen molar-refractivity contribution in [3.8, 4) is 0 Å². The number of rotatable bonds is 6. The maximum absolute atomic E-state index is 12.5. The van der Waals surface area contributed by atoms with Crippen LogP contribution in [0.2, 0.25) is 10.0 Å². The Kier molecular flexibility index (Phi) is 6.47. The molecular formula is C20H19Cl2N3OS. The molecule has 0 spiro atoms. The number of aryl methyl sites for hydroxylation is 1. The lowest BCUT2D eigenvalue weighted by Gasteiger charge is -2.11. The molecule has 7 heteroatoms. The minimum atomic E-state index is -0.341. The number of amides is 1. The van der Waals surface area contributed by atoms with E-state index in [9.17, 15) is 4.79 Å². The highest BCUT2D eigenvalue weighted by atomic mass is 35.5. The molecule has 0 bridgehead atoms. The molecule has 3 aromatic rings. The summed E-state index contributed by atoms with van der Waals surface area (Å²) in [4.78, 5) is 20.4. The fourth-order valence-corrected chi connectivity index (χ4v) is 3.86. The number of nitrogens with zero attached hydrogens (tertiary/aromatic N) is 1. The van der Waals surface area contributed by atoms with Crippen LogP contribution in [-0.2, 0) is 11.2 Å². The number of nitrogens with one attached hydrogen (secondary N) is 2. The van der Waals surface area contributed by atoms with Gasteiger partial charge in [-0.1, -0.05) is 65.3 Å². The molecule has 140 valence electrons. The van der Waals surface area contributed by atoms with Gasteiger partial charge in [0.2, 0.25) is 5.91 Å². The van der Waals surface area contributed by atoms with Crippen molar-refractivity contribution < 1.29 is 4.79 Å². The first-order valence-electron chi connectivity index (χ1n) is 8.44. The van der Waals surface area contributed by atoms with Crippen LogP contribution in [0.15, 0.2) is 53.7 Å². The van der Waals surface area contributed by atoms with Crippen LogP contribution in [0.1, 0.15) is 23.9 Å². The molecule has 0 fully saturated rings. The van der Waals surface area contributed by atoms with Gasteiger partial charge in [-0.2, -0.15) is 0 Å². The van der Waals surface area contributed by atoms with Gasteiger partial charge < -0.3 is 10.3 Å². The molecule has 2 aromatic carbocycles. The fourth-order valence-electron chi connectivity index (χ4n) is 2.53. The number of anilines is 1. The van der Waals surface area contributed by atoms with Crippen molar-refractivity contribution in [1.29, 1.82) is 0 Å². The molecule has 0 aliphatic heterocycles. The third-order valence-electron chi connectivity index (χ3n) is 4.02. The van der Waals surface area contributed by atoms with Crippen LogP contribution in [0.3, 0.4) is 0 Å². The second-order valence-electron chi connectivity index (χ2n) is 6.15. The summed E-state index contributed by atoms with van der Waals surface area (Å²) in [6.45, 7) is 3.83. The van der Waals surface area contributed by atoms with E-state index in [1.807, 2.05) is 32.0 Å². The van der Waals surface area contributed by atoms with E-state index in [0.717, 1.165) is 23.0 Å². The summed E-state index contributed by atoms with van der Waals surface area (Å²) in [6, 6.07) is 15.2. The Bertz CT molecular complexity index is 944. The average Bonchev–Trinajstić information content (AvgIpc) is 2.97. The highest BCUT2D eigenvalue weighted by molar-refractivity contribution is 8.00. The Morgan fingerprint density at radius 1 is 1.22 bits per heavy atom. The van der Waals surface area contributed by atoms with E-state index in [2.05, 4.69) is 27.4 Å². The van der Waals surface area contributed by atoms with Gasteiger partial charge in [0, 0.05) is 17.1 Å². The number of carbonyl (C=O) groups is 1. The Hall–Kier alpha value is -1.95. The van der Waals surface area contributed by atoms with Gasteiger partial charge in [0.15, 0.2) is 5.16 Å². The number of hydrogen-bond donors (Lipinski definition) is 2. The molecule has 0 aliphatic carbocycles. The Balaban J connectivity index is 1.64. The van der Waals surface area contributed by atoms with Crippen molar-refractivity contribution in [3.05, 3.63) is 75.5 Å². The zero-order valence-corrected chi connectivity index (χ0v) is 17.3. The normalized spacial score (nSPS) is 12.0. The van der Waals surface area contributed by atoms with Gasteiger partial charge in [0.25, 0.3) is 0 Å². The summed E-state index contributed by atoms with van der Waals surface area (Å²) in [5.41, 5.74) is 3.73. The standard InChI is InChI=1S/C20H19Cl2N3OS/c1-12-18(10-14-6-4-3-5-7-14)25-20(23-12)27-13(2)19(26)24-17-9-8-15(21)11-16(17)22/h3-9,11,13H,10H2,1-2H3,(H,23,25)(H,24,26). The third-order valence-corrected chi connectivity index (χ3v) is 5.56. The van der Waals surface area contributed by atoms with Crippen LogP contribution < -0.4 is 5.32 Å². The maximum Gasteiger partial charge on any atom is 0.237 e. The number of halogens is 2. The number of hydrogen-bond acceptors (Lipinski definition) is 3. The van der Waals surface area contributed by atoms with Gasteiger partial charge in [0.1, 0.15) is 0 Å². The highest BCUT2D eigenvalue weighted by Crippen LogP contribution is 2.28. The first-order valence-corrected chi connectivity index (χ1v) is 10.1. The minimum absolute atomic E-state index is 0.150. The van der Waals surface area contributed by atoms with Crippen LogP contribution >= 0.6 is 35.0 Å². The molecule has 0 aliphatic rings. The van der Waals surface area contributed by atoms with Gasteiger partial charge in [-0.05, 0) is 37.6 Å². The minimum Gasteiger partial charge on any atom is -0.337 e. The third kappa shape index (κ3) is 5.28. The summed E-state index contributed by atoms with van der Waals surface area (Å²) >= 11 is 13.4. The first-order chi connectivity index (χ1) is 12.9. The van der Waals surface area contributed by atoms with E-state index in [1.165, 1.54) is 17.3 Å². The Labute approximate surface area is 172 Å². The topological polar surface area (TPSA) is 57.8 Å². The highest BCUT2D eigenvalue weighted by Gasteiger charge is 2.18. The maximum atomic E-state index is 12.5. The monoisotopic (exact) mass is 419 g/mol. The molecule has 1 aromatic heterocycles. The average molecular weight is 420 g/mol. The zero-order chi connectivity index (χ0) is 19.4. The summed E-state index contributed by atoms with van der Waals surface area (Å²) < 4.78 is 0. The molecule has 1 atom stereocenters. The smallest absolute Gasteiger partial charge is 0.237 e. The van der Waals surface area contributed by atoms with E-state index in [4.69, 9.17) is 23.2 Å². The number of aromatic amines is 1. The lowest BCUT2D eigenvalue weighted by atomic mass is 10.1. The van der Waals surface area contributed by atoms with Crippen molar-refractivity contribution in [2.24, 2.45) is 0 Å². The number of H-pyrrole nitrogens is 1. The lowest BCUT2D eigenvalue weighted by molar-refractivity contribution is -0.115. The lowest BCUT2D eigenvalue weighted by Crippen LogP contribution is -2.22. The van der Waals surface area contributed by atoms with Crippen molar-refractivity contribution in [2.45, 2.75) is 30.7 Å². The van der Waals surface area contributed by atoms with Gasteiger partial charge in [-0.15, -0.1) is 0 Å². The van der Waals surface area contributed by atoms with Crippen molar-refractivity contribution >= 4 is 46.6 Å². The molecule has 1 heterocycles. The quantitative estimate of drug-likeness (QED) is 0.501. The van der Waals surface area contributed by atoms with Crippen molar-refractivity contribution in [2.75, 3.05) is 5.32 Å². The summed E-state index contributed by atoms with van der Waals surface area (Å²) in [5.74, 6) is -0.150. The van der Waals surface area contributed by atoms with E-state index in [-0.39, 0.29) is 11.2 Å². The number of thioether (sulfide) groups is 1. The van der Waals surface area contributed by atoms with E-state index in [1.54, 1.807) is 18.2 Å². The van der Waals surface area contributed by atoms with Crippen LogP contribution in [0.4, 0.5) is 5.69 Å². The Morgan fingerprint density at radius 3 is 2.67 bits per heavy atom. The number of benzene rings is 2. The van der Waals surface area contributed by atoms with Crippen LogP contribution in [0, 0.1) is 6.92 Å². The summed E-state index contributed by atoms with van der Waals surface area (Å²) in [7, 11) is 0. The molecular weight excluding hydrogens is 401 g/mol. The van der Waals surface area contributed by atoms with Crippen LogP contribution in [0.25, 0.3) is 0 Å². The molecule has 1 unspecified atom stereocenters. The molecule has 0 radical (unpaired) electrons. The van der Waals surface area contributed by atoms with Crippen molar-refractivity contribution in [3.63, 3.8) is 0 Å². The largest absolute Gasteiger partial charge is 0.337 e. The molecule has 1 amide bonds. The molecule has 3 rings (SSSR count). The van der Waals surface area contributed by atoms with E-state index < -0.39 is 0 Å². The predicted molar refractivity (Wildman–Crippen MR) is 113 cm³/mol. The number of carbonyl (C=O) groups excluding carboxylic acids is 1. The second-order valence-corrected chi connectivity index (χ2v) is 8.32. The summed E-state index contributed by atoms with van der Waals surface area (Å²) in [5, 5.41) is 4.15. The first kappa shape index (κ1) is 19.8. The SMILES string of the molecule is Cc1[nH]c(SC(C)C(=O)Nc2ccc(Cl)cc2Cl)nc1Cc1ccccc1. The molecule has 2 N–H and O–H groups in total. The van der Waals surface area contributed by atoms with E-state index >= 15 is 0 Å². The van der Waals surface area contributed by atoms with E-state index in [0.29, 0.717) is 15.7 Å². The predicted octanol–water partition coefficient (Wildman–Crippen LogP) is 5.74. The van der Waals surface area contributed by atoms with Gasteiger partial charge in [0.05, 0.1) is 21.7 Å². The molecule has 0 saturated carbocycles. The number of aromatic nitrogens is 2. The van der Waals surface area contributed by atoms with Gasteiger partial charge in [-0.25, -0.2) is 4.98 Å². The second kappa shape index (κ2) is 8.83. The van der Waals surface area contributed by atoms with Crippen molar-refractivity contribution in [1.82, 2.24) is 9.97 Å². The zero-order valence-electron chi connectivity index (χ0n) is 14.9. The number of imidazole rings is 1. The van der Waals surface area contributed by atoms with Gasteiger partial charge >= 0.3 is 0 Å².